The van der Waals surface area contributed by atoms with Crippen molar-refractivity contribution in [2.45, 2.75) is 45.7 Å². The average Bonchev–Trinajstić information content (AvgIpc) is 3.23. The summed E-state index contributed by atoms with van der Waals surface area (Å²) in [5, 5.41) is 3.79. The second-order valence-corrected chi connectivity index (χ2v) is 6.60. The molecule has 1 aliphatic heterocycles. The van der Waals surface area contributed by atoms with Crippen LogP contribution < -0.4 is 10.2 Å². The van der Waals surface area contributed by atoms with Gasteiger partial charge in [-0.15, -0.1) is 0 Å². The van der Waals surface area contributed by atoms with E-state index in [9.17, 15) is 0 Å². The Hall–Kier alpha value is -1.02. The van der Waals surface area contributed by atoms with E-state index in [0.29, 0.717) is 18.0 Å². The maximum atomic E-state index is 3.79. The summed E-state index contributed by atoms with van der Waals surface area (Å²) in [6.45, 7) is 9.23. The largest absolute Gasteiger partial charge is 0.365 e. The molecule has 0 amide bonds. The fourth-order valence-corrected chi connectivity index (χ4v) is 3.37. The van der Waals surface area contributed by atoms with E-state index in [2.05, 4.69) is 55.3 Å². The van der Waals surface area contributed by atoms with E-state index in [1.807, 2.05) is 0 Å². The number of anilines is 1. The Kier molecular flexibility index (Phi) is 3.53. The third-order valence-corrected chi connectivity index (χ3v) is 4.77. The van der Waals surface area contributed by atoms with E-state index in [-0.39, 0.29) is 0 Å². The summed E-state index contributed by atoms with van der Waals surface area (Å²) in [7, 11) is 0. The number of benzene rings is 1. The van der Waals surface area contributed by atoms with Gasteiger partial charge in [0, 0.05) is 30.9 Å². The number of aryl methyl sites for hydroxylation is 1. The molecule has 1 saturated carbocycles. The molecular formula is C17H26N2. The first kappa shape index (κ1) is 13.0. The zero-order valence-corrected chi connectivity index (χ0v) is 12.4. The van der Waals surface area contributed by atoms with Crippen molar-refractivity contribution in [3.05, 3.63) is 29.8 Å². The van der Waals surface area contributed by atoms with Crippen molar-refractivity contribution < 1.29 is 0 Å². The molecule has 2 atom stereocenters. The molecule has 2 unspecified atom stereocenters. The number of rotatable bonds is 3. The lowest BCUT2D eigenvalue weighted by molar-refractivity contribution is 0.320. The lowest BCUT2D eigenvalue weighted by Gasteiger charge is -2.44. The van der Waals surface area contributed by atoms with Crippen LogP contribution in [0.4, 0.5) is 5.69 Å². The van der Waals surface area contributed by atoms with Gasteiger partial charge in [-0.2, -0.15) is 0 Å². The van der Waals surface area contributed by atoms with Gasteiger partial charge < -0.3 is 10.2 Å². The first-order chi connectivity index (χ1) is 9.16. The molecule has 0 radical (unpaired) electrons. The number of hydrogen-bond acceptors (Lipinski definition) is 2. The summed E-state index contributed by atoms with van der Waals surface area (Å²) < 4.78 is 0. The van der Waals surface area contributed by atoms with Gasteiger partial charge in [0.2, 0.25) is 0 Å². The highest BCUT2D eigenvalue weighted by molar-refractivity contribution is 5.54. The number of para-hydroxylation sites is 1. The van der Waals surface area contributed by atoms with E-state index >= 15 is 0 Å². The molecule has 2 heteroatoms. The standard InChI is InChI=1S/C17H26N2/c1-12(2)17-10-18-15(14-8-9-14)11-19(17)16-7-5-4-6-13(16)3/h4-7,12,14-15,17-18H,8-11H2,1-3H3. The van der Waals surface area contributed by atoms with Crippen LogP contribution in [-0.4, -0.2) is 25.2 Å². The van der Waals surface area contributed by atoms with Crippen LogP contribution in [0.25, 0.3) is 0 Å². The highest BCUT2D eigenvalue weighted by Crippen LogP contribution is 2.36. The van der Waals surface area contributed by atoms with E-state index in [0.717, 1.165) is 12.5 Å². The first-order valence-electron chi connectivity index (χ1n) is 7.72. The Bertz CT molecular complexity index is 437. The topological polar surface area (TPSA) is 15.3 Å². The molecule has 3 rings (SSSR count). The Labute approximate surface area is 117 Å². The molecule has 2 fully saturated rings. The lowest BCUT2D eigenvalue weighted by Crippen LogP contribution is -2.59. The maximum Gasteiger partial charge on any atom is 0.0438 e. The second-order valence-electron chi connectivity index (χ2n) is 6.60. The number of hydrogen-bond donors (Lipinski definition) is 1. The van der Waals surface area contributed by atoms with Crippen LogP contribution in [0.2, 0.25) is 0 Å². The van der Waals surface area contributed by atoms with Crippen LogP contribution in [0, 0.1) is 18.8 Å². The molecule has 1 heterocycles. The van der Waals surface area contributed by atoms with Crippen LogP contribution in [-0.2, 0) is 0 Å². The van der Waals surface area contributed by atoms with Gasteiger partial charge in [0.25, 0.3) is 0 Å². The maximum absolute atomic E-state index is 3.79. The summed E-state index contributed by atoms with van der Waals surface area (Å²) in [4.78, 5) is 2.67. The summed E-state index contributed by atoms with van der Waals surface area (Å²) in [5.74, 6) is 1.62. The minimum Gasteiger partial charge on any atom is -0.365 e. The zero-order chi connectivity index (χ0) is 13.4. The zero-order valence-electron chi connectivity index (χ0n) is 12.4. The molecular weight excluding hydrogens is 232 g/mol. The van der Waals surface area contributed by atoms with Crippen molar-refractivity contribution in [1.29, 1.82) is 0 Å². The molecule has 0 bridgehead atoms. The van der Waals surface area contributed by atoms with Crippen molar-refractivity contribution >= 4 is 5.69 Å². The van der Waals surface area contributed by atoms with Crippen LogP contribution in [0.3, 0.4) is 0 Å². The molecule has 104 valence electrons. The van der Waals surface area contributed by atoms with Gasteiger partial charge in [-0.25, -0.2) is 0 Å². The van der Waals surface area contributed by atoms with E-state index in [1.165, 1.54) is 30.6 Å². The fourth-order valence-electron chi connectivity index (χ4n) is 3.37. The summed E-state index contributed by atoms with van der Waals surface area (Å²) in [5.41, 5.74) is 2.85. The van der Waals surface area contributed by atoms with Gasteiger partial charge in [0.15, 0.2) is 0 Å². The van der Waals surface area contributed by atoms with Crippen molar-refractivity contribution in [3.8, 4) is 0 Å². The Morgan fingerprint density at radius 2 is 1.95 bits per heavy atom. The summed E-state index contributed by atoms with van der Waals surface area (Å²) in [6.07, 6.45) is 2.84. The van der Waals surface area contributed by atoms with E-state index in [1.54, 1.807) is 0 Å². The molecule has 1 N–H and O–H groups in total. The molecule has 19 heavy (non-hydrogen) atoms. The van der Waals surface area contributed by atoms with Crippen molar-refractivity contribution in [1.82, 2.24) is 5.32 Å². The Morgan fingerprint density at radius 1 is 1.21 bits per heavy atom. The van der Waals surface area contributed by atoms with Gasteiger partial charge in [0.1, 0.15) is 0 Å². The van der Waals surface area contributed by atoms with E-state index in [4.69, 9.17) is 0 Å². The molecule has 1 aromatic carbocycles. The second kappa shape index (κ2) is 5.16. The normalized spacial score (nSPS) is 27.9. The van der Waals surface area contributed by atoms with E-state index < -0.39 is 0 Å². The van der Waals surface area contributed by atoms with Gasteiger partial charge in [-0.05, 0) is 43.2 Å². The van der Waals surface area contributed by atoms with Gasteiger partial charge in [-0.1, -0.05) is 32.0 Å². The van der Waals surface area contributed by atoms with Gasteiger partial charge in [0.05, 0.1) is 0 Å². The quantitative estimate of drug-likeness (QED) is 0.895. The minimum absolute atomic E-state index is 0.621. The molecule has 1 aliphatic carbocycles. The van der Waals surface area contributed by atoms with Crippen LogP contribution in [0.15, 0.2) is 24.3 Å². The molecule has 0 aromatic heterocycles. The summed E-state index contributed by atoms with van der Waals surface area (Å²) >= 11 is 0. The SMILES string of the molecule is Cc1ccccc1N1CC(C2CC2)NCC1C(C)C. The van der Waals surface area contributed by atoms with Gasteiger partial charge >= 0.3 is 0 Å². The van der Waals surface area contributed by atoms with Gasteiger partial charge in [-0.3, -0.25) is 0 Å². The fraction of sp³-hybridized carbons (Fsp3) is 0.647. The molecule has 1 aromatic rings. The van der Waals surface area contributed by atoms with Crippen molar-refractivity contribution in [2.75, 3.05) is 18.0 Å². The summed E-state index contributed by atoms with van der Waals surface area (Å²) in [6, 6.07) is 10.2. The number of nitrogens with zero attached hydrogens (tertiary/aromatic N) is 1. The predicted molar refractivity (Wildman–Crippen MR) is 81.7 cm³/mol. The molecule has 2 nitrogen and oxygen atoms in total. The highest BCUT2D eigenvalue weighted by Gasteiger charge is 2.38. The monoisotopic (exact) mass is 258 g/mol. The van der Waals surface area contributed by atoms with Crippen LogP contribution in [0.1, 0.15) is 32.3 Å². The lowest BCUT2D eigenvalue weighted by atomic mass is 9.95. The minimum atomic E-state index is 0.621. The average molecular weight is 258 g/mol. The predicted octanol–water partition coefficient (Wildman–Crippen LogP) is 3.21. The van der Waals surface area contributed by atoms with Crippen LogP contribution >= 0.6 is 0 Å². The molecule has 2 aliphatic rings. The Balaban J connectivity index is 1.86. The molecule has 0 spiro atoms. The number of piperazine rings is 1. The smallest absolute Gasteiger partial charge is 0.0438 e. The highest BCUT2D eigenvalue weighted by atomic mass is 15.2. The third kappa shape index (κ3) is 2.64. The first-order valence-corrected chi connectivity index (χ1v) is 7.72. The van der Waals surface area contributed by atoms with Crippen LogP contribution in [0.5, 0.6) is 0 Å². The number of nitrogens with one attached hydrogen (secondary N) is 1. The molecule has 1 saturated heterocycles. The Morgan fingerprint density at radius 3 is 2.58 bits per heavy atom. The van der Waals surface area contributed by atoms with Crippen molar-refractivity contribution in [2.24, 2.45) is 11.8 Å². The van der Waals surface area contributed by atoms with Crippen molar-refractivity contribution in [3.63, 3.8) is 0 Å². The third-order valence-electron chi connectivity index (χ3n) is 4.77.